The smallest absolute Gasteiger partial charge is 0.244 e. The molecule has 2 aromatic carbocycles. The number of nitrogens with one attached hydrogen (secondary N) is 1. The molecular formula is C24H29Cl4N3O4S. The van der Waals surface area contributed by atoms with Crippen LogP contribution in [0.4, 0.5) is 5.69 Å². The van der Waals surface area contributed by atoms with Crippen LogP contribution in [0.3, 0.4) is 0 Å². The number of sulfonamides is 1. The largest absolute Gasteiger partial charge is 0.354 e. The van der Waals surface area contributed by atoms with Gasteiger partial charge >= 0.3 is 0 Å². The number of carbonyl (C=O) groups is 2. The number of unbranched alkanes of at least 4 members (excludes halogenated alkanes) is 1. The first-order valence-corrected chi connectivity index (χ1v) is 14.7. The highest BCUT2D eigenvalue weighted by molar-refractivity contribution is 7.92. The molecule has 0 saturated carbocycles. The molecule has 0 heterocycles. The molecule has 2 rings (SSSR count). The van der Waals surface area contributed by atoms with Crippen molar-refractivity contribution in [1.29, 1.82) is 0 Å². The lowest BCUT2D eigenvalue weighted by Gasteiger charge is -2.33. The summed E-state index contributed by atoms with van der Waals surface area (Å²) < 4.78 is 26.2. The summed E-state index contributed by atoms with van der Waals surface area (Å²) in [6.45, 7) is 3.57. The number of anilines is 1. The summed E-state index contributed by atoms with van der Waals surface area (Å²) in [5.41, 5.74) is 0.617. The second kappa shape index (κ2) is 13.7. The molecule has 0 aromatic heterocycles. The van der Waals surface area contributed by atoms with Crippen LogP contribution in [0.1, 0.15) is 38.7 Å². The van der Waals surface area contributed by atoms with Crippen LogP contribution in [0.25, 0.3) is 0 Å². The number of halogens is 4. The minimum atomic E-state index is -3.90. The Bertz CT molecular complexity index is 1170. The van der Waals surface area contributed by atoms with Crippen LogP contribution in [0.2, 0.25) is 20.1 Å². The maximum Gasteiger partial charge on any atom is 0.244 e. The first kappa shape index (κ1) is 30.5. The fourth-order valence-electron chi connectivity index (χ4n) is 3.53. The summed E-state index contributed by atoms with van der Waals surface area (Å²) in [6.07, 6.45) is 2.94. The number of hydrogen-bond donors (Lipinski definition) is 1. The van der Waals surface area contributed by atoms with Gasteiger partial charge in [-0.25, -0.2) is 8.42 Å². The minimum absolute atomic E-state index is 0.0873. The third kappa shape index (κ3) is 8.15. The van der Waals surface area contributed by atoms with E-state index < -0.39 is 28.5 Å². The van der Waals surface area contributed by atoms with Gasteiger partial charge in [-0.1, -0.05) is 72.7 Å². The van der Waals surface area contributed by atoms with Gasteiger partial charge in [-0.3, -0.25) is 13.9 Å². The van der Waals surface area contributed by atoms with E-state index in [0.717, 1.165) is 23.4 Å². The molecule has 12 heteroatoms. The SMILES string of the molecule is CCCCNC(=O)[C@@H](CC)N(Cc1c(Cl)cccc1Cl)C(=O)CN(c1ccc(Cl)c(Cl)c1)S(C)(=O)=O. The molecule has 2 amide bonds. The molecule has 2 aromatic rings. The highest BCUT2D eigenvalue weighted by Gasteiger charge is 2.32. The molecule has 0 spiro atoms. The van der Waals surface area contributed by atoms with Crippen molar-refractivity contribution in [3.05, 3.63) is 62.1 Å². The van der Waals surface area contributed by atoms with Crippen molar-refractivity contribution in [2.45, 2.75) is 45.7 Å². The molecule has 0 saturated heterocycles. The molecule has 0 radical (unpaired) electrons. The average Bonchev–Trinajstić information content (AvgIpc) is 2.80. The van der Waals surface area contributed by atoms with Gasteiger partial charge in [0.05, 0.1) is 22.0 Å². The van der Waals surface area contributed by atoms with Gasteiger partial charge in [0.15, 0.2) is 0 Å². The van der Waals surface area contributed by atoms with Crippen molar-refractivity contribution < 1.29 is 18.0 Å². The second-order valence-corrected chi connectivity index (χ2v) is 11.7. The predicted molar refractivity (Wildman–Crippen MR) is 148 cm³/mol. The average molecular weight is 597 g/mol. The van der Waals surface area contributed by atoms with Crippen molar-refractivity contribution in [3.63, 3.8) is 0 Å². The molecule has 0 fully saturated rings. The van der Waals surface area contributed by atoms with Gasteiger partial charge in [-0.15, -0.1) is 0 Å². The summed E-state index contributed by atoms with van der Waals surface area (Å²) in [6, 6.07) is 8.31. The van der Waals surface area contributed by atoms with Crippen LogP contribution < -0.4 is 9.62 Å². The molecule has 198 valence electrons. The Morgan fingerprint density at radius 1 is 0.972 bits per heavy atom. The number of nitrogens with zero attached hydrogens (tertiary/aromatic N) is 2. The monoisotopic (exact) mass is 595 g/mol. The van der Waals surface area contributed by atoms with Gasteiger partial charge in [0.25, 0.3) is 0 Å². The maximum absolute atomic E-state index is 13.7. The fourth-order valence-corrected chi connectivity index (χ4v) is 5.18. The van der Waals surface area contributed by atoms with Crippen LogP contribution in [-0.4, -0.2) is 50.5 Å². The lowest BCUT2D eigenvalue weighted by molar-refractivity contribution is -0.140. The fraction of sp³-hybridized carbons (Fsp3) is 0.417. The Morgan fingerprint density at radius 3 is 2.14 bits per heavy atom. The van der Waals surface area contributed by atoms with Gasteiger partial charge in [-0.05, 0) is 43.2 Å². The maximum atomic E-state index is 13.7. The van der Waals surface area contributed by atoms with Crippen molar-refractivity contribution in [2.24, 2.45) is 0 Å². The van der Waals surface area contributed by atoms with E-state index in [1.54, 1.807) is 25.1 Å². The van der Waals surface area contributed by atoms with Crippen molar-refractivity contribution >= 4 is 73.9 Å². The van der Waals surface area contributed by atoms with Crippen LogP contribution in [0, 0.1) is 0 Å². The lowest BCUT2D eigenvalue weighted by Crippen LogP contribution is -2.52. The molecule has 0 bridgehead atoms. The first-order valence-electron chi connectivity index (χ1n) is 11.3. The Balaban J connectivity index is 2.48. The number of benzene rings is 2. The Hall–Kier alpha value is -1.71. The molecule has 1 N–H and O–H groups in total. The van der Waals surface area contributed by atoms with Crippen LogP contribution in [0.5, 0.6) is 0 Å². The molecular weight excluding hydrogens is 568 g/mol. The van der Waals surface area contributed by atoms with E-state index in [4.69, 9.17) is 46.4 Å². The van der Waals surface area contributed by atoms with Crippen LogP contribution in [0.15, 0.2) is 36.4 Å². The summed E-state index contributed by atoms with van der Waals surface area (Å²) in [5.74, 6) is -0.956. The summed E-state index contributed by atoms with van der Waals surface area (Å²) >= 11 is 24.8. The normalized spacial score (nSPS) is 12.2. The van der Waals surface area contributed by atoms with E-state index in [9.17, 15) is 18.0 Å². The lowest BCUT2D eigenvalue weighted by atomic mass is 10.1. The molecule has 7 nitrogen and oxygen atoms in total. The summed E-state index contributed by atoms with van der Waals surface area (Å²) in [4.78, 5) is 28.0. The Kier molecular flexibility index (Phi) is 11.6. The standard InChI is InChI=1S/C24H29Cl4N3O4S/c1-4-6-12-29-24(33)22(5-2)30(14-17-18(25)8-7-9-19(17)26)23(32)15-31(36(3,34)35)16-10-11-20(27)21(28)13-16/h7-11,13,22H,4-6,12,14-15H2,1-3H3,(H,29,33)/t22-/m1/s1. The van der Waals surface area contributed by atoms with E-state index >= 15 is 0 Å². The van der Waals surface area contributed by atoms with Gasteiger partial charge in [-0.2, -0.15) is 0 Å². The third-order valence-corrected chi connectivity index (χ3v) is 8.06. The van der Waals surface area contributed by atoms with Crippen LogP contribution in [-0.2, 0) is 26.2 Å². The quantitative estimate of drug-likeness (QED) is 0.314. The zero-order valence-corrected chi connectivity index (χ0v) is 24.1. The topological polar surface area (TPSA) is 86.8 Å². The summed E-state index contributed by atoms with van der Waals surface area (Å²) in [5, 5.41) is 3.88. The highest BCUT2D eigenvalue weighted by Crippen LogP contribution is 2.30. The highest BCUT2D eigenvalue weighted by atomic mass is 35.5. The Morgan fingerprint density at radius 2 is 1.61 bits per heavy atom. The van der Waals surface area contributed by atoms with Gasteiger partial charge < -0.3 is 10.2 Å². The Labute approximate surface area is 232 Å². The van der Waals surface area contributed by atoms with E-state index in [1.165, 1.54) is 23.1 Å². The third-order valence-electron chi connectivity index (χ3n) is 5.48. The second-order valence-electron chi connectivity index (χ2n) is 8.16. The molecule has 1 atom stereocenters. The number of carbonyl (C=O) groups excluding carboxylic acids is 2. The van der Waals surface area contributed by atoms with E-state index in [0.29, 0.717) is 22.2 Å². The minimum Gasteiger partial charge on any atom is -0.354 e. The van der Waals surface area contributed by atoms with E-state index in [2.05, 4.69) is 5.32 Å². The number of rotatable bonds is 12. The number of amides is 2. The zero-order chi connectivity index (χ0) is 27.0. The molecule has 0 aliphatic rings. The van der Waals surface area contributed by atoms with Gasteiger partial charge in [0.1, 0.15) is 12.6 Å². The first-order chi connectivity index (χ1) is 16.9. The predicted octanol–water partition coefficient (Wildman–Crippen LogP) is 5.79. The van der Waals surface area contributed by atoms with E-state index in [1.807, 2.05) is 6.92 Å². The van der Waals surface area contributed by atoms with Crippen molar-refractivity contribution in [2.75, 3.05) is 23.7 Å². The number of hydrogen-bond acceptors (Lipinski definition) is 4. The molecule has 0 aliphatic heterocycles. The van der Waals surface area contributed by atoms with E-state index in [-0.39, 0.29) is 34.6 Å². The zero-order valence-electron chi connectivity index (χ0n) is 20.2. The molecule has 36 heavy (non-hydrogen) atoms. The molecule has 0 unspecified atom stereocenters. The summed E-state index contributed by atoms with van der Waals surface area (Å²) in [7, 11) is -3.90. The van der Waals surface area contributed by atoms with Crippen molar-refractivity contribution in [3.8, 4) is 0 Å². The van der Waals surface area contributed by atoms with Gasteiger partial charge in [0, 0.05) is 28.7 Å². The van der Waals surface area contributed by atoms with Gasteiger partial charge in [0.2, 0.25) is 21.8 Å². The molecule has 0 aliphatic carbocycles. The van der Waals surface area contributed by atoms with Crippen LogP contribution >= 0.6 is 46.4 Å². The van der Waals surface area contributed by atoms with Crippen molar-refractivity contribution in [1.82, 2.24) is 10.2 Å².